The van der Waals surface area contributed by atoms with Gasteiger partial charge in [-0.05, 0) is 19.1 Å². The van der Waals surface area contributed by atoms with Gasteiger partial charge in [-0.15, -0.1) is 0 Å². The number of hydrogen-bond donors (Lipinski definition) is 0. The van der Waals surface area contributed by atoms with E-state index in [1.165, 1.54) is 5.56 Å². The molecular weight excluding hydrogens is 188 g/mol. The molecule has 1 aromatic carbocycles. The van der Waals surface area contributed by atoms with Crippen LogP contribution >= 0.6 is 0 Å². The minimum Gasteiger partial charge on any atom is -0.362 e. The van der Waals surface area contributed by atoms with E-state index in [1.54, 1.807) is 0 Å². The van der Waals surface area contributed by atoms with E-state index in [2.05, 4.69) is 0 Å². The molecular formula is C12H12N2O. The van der Waals surface area contributed by atoms with Gasteiger partial charge in [0.25, 0.3) is 0 Å². The van der Waals surface area contributed by atoms with Crippen LogP contribution in [-0.2, 0) is 4.79 Å². The topological polar surface area (TPSA) is 44.1 Å². The van der Waals surface area contributed by atoms with Gasteiger partial charge in [0, 0.05) is 12.2 Å². The minimum atomic E-state index is -0.452. The van der Waals surface area contributed by atoms with Crippen LogP contribution in [0.2, 0.25) is 0 Å². The highest BCUT2D eigenvalue weighted by molar-refractivity contribution is 5.91. The largest absolute Gasteiger partial charge is 0.362 e. The Morgan fingerprint density at radius 3 is 2.60 bits per heavy atom. The molecule has 1 aromatic rings. The Balaban J connectivity index is 2.18. The standard InChI is InChI=1S/C12H12N2O/c1-9-2-4-11(5-3-9)14-7-10(6-13)12(15)8-14/h2-5,10H,7-8H2,1H3/t10-/m0/s1. The Morgan fingerprint density at radius 1 is 1.40 bits per heavy atom. The second-order valence-corrected chi connectivity index (χ2v) is 3.86. The number of ketones is 1. The Kier molecular flexibility index (Phi) is 2.42. The lowest BCUT2D eigenvalue weighted by atomic mass is 10.1. The molecule has 0 saturated carbocycles. The summed E-state index contributed by atoms with van der Waals surface area (Å²) >= 11 is 0. The molecule has 1 heterocycles. The molecule has 0 unspecified atom stereocenters. The number of rotatable bonds is 1. The zero-order valence-corrected chi connectivity index (χ0v) is 8.60. The van der Waals surface area contributed by atoms with Crippen molar-refractivity contribution in [3.05, 3.63) is 29.8 Å². The first-order chi connectivity index (χ1) is 7.20. The number of nitriles is 1. The molecule has 0 aromatic heterocycles. The van der Waals surface area contributed by atoms with Crippen molar-refractivity contribution in [3.63, 3.8) is 0 Å². The first-order valence-electron chi connectivity index (χ1n) is 4.94. The fourth-order valence-electron chi connectivity index (χ4n) is 1.75. The van der Waals surface area contributed by atoms with Crippen LogP contribution in [0.1, 0.15) is 5.56 Å². The van der Waals surface area contributed by atoms with Crippen LogP contribution in [-0.4, -0.2) is 18.9 Å². The third-order valence-corrected chi connectivity index (χ3v) is 2.69. The normalized spacial score (nSPS) is 20.4. The zero-order valence-electron chi connectivity index (χ0n) is 8.60. The third-order valence-electron chi connectivity index (χ3n) is 2.69. The number of Topliss-reactive ketones (excluding diaryl/α,β-unsaturated/α-hetero) is 1. The van der Waals surface area contributed by atoms with Crippen LogP contribution in [0.15, 0.2) is 24.3 Å². The lowest BCUT2D eigenvalue weighted by Gasteiger charge is -2.16. The number of benzene rings is 1. The summed E-state index contributed by atoms with van der Waals surface area (Å²) in [7, 11) is 0. The maximum atomic E-state index is 11.4. The van der Waals surface area contributed by atoms with Crippen LogP contribution in [0.5, 0.6) is 0 Å². The van der Waals surface area contributed by atoms with Gasteiger partial charge in [0.15, 0.2) is 5.78 Å². The SMILES string of the molecule is Cc1ccc(N2CC(=O)[C@@H](C#N)C2)cc1. The average Bonchev–Trinajstić information content (AvgIpc) is 2.61. The van der Waals surface area contributed by atoms with Crippen molar-refractivity contribution >= 4 is 11.5 Å². The molecule has 1 fully saturated rings. The molecule has 1 saturated heterocycles. The van der Waals surface area contributed by atoms with Crippen molar-refractivity contribution < 1.29 is 4.79 Å². The van der Waals surface area contributed by atoms with E-state index in [0.29, 0.717) is 13.1 Å². The molecule has 0 aliphatic carbocycles. The predicted octanol–water partition coefficient (Wildman–Crippen LogP) is 1.52. The smallest absolute Gasteiger partial charge is 0.170 e. The molecule has 0 spiro atoms. The number of carbonyl (C=O) groups is 1. The molecule has 76 valence electrons. The third kappa shape index (κ3) is 1.84. The van der Waals surface area contributed by atoms with E-state index in [1.807, 2.05) is 42.2 Å². The lowest BCUT2D eigenvalue weighted by molar-refractivity contribution is -0.118. The van der Waals surface area contributed by atoms with Gasteiger partial charge < -0.3 is 4.90 Å². The van der Waals surface area contributed by atoms with Gasteiger partial charge >= 0.3 is 0 Å². The van der Waals surface area contributed by atoms with Crippen LogP contribution in [0.4, 0.5) is 5.69 Å². The number of nitrogens with zero attached hydrogens (tertiary/aromatic N) is 2. The van der Waals surface area contributed by atoms with Crippen molar-refractivity contribution in [3.8, 4) is 6.07 Å². The number of carbonyl (C=O) groups excluding carboxylic acids is 1. The highest BCUT2D eigenvalue weighted by Crippen LogP contribution is 2.21. The first kappa shape index (κ1) is 9.72. The summed E-state index contributed by atoms with van der Waals surface area (Å²) in [5, 5.41) is 8.75. The Hall–Kier alpha value is -1.82. The van der Waals surface area contributed by atoms with Crippen molar-refractivity contribution in [2.45, 2.75) is 6.92 Å². The molecule has 0 amide bonds. The van der Waals surface area contributed by atoms with Crippen molar-refractivity contribution in [2.75, 3.05) is 18.0 Å². The molecule has 1 aliphatic rings. The van der Waals surface area contributed by atoms with Crippen LogP contribution < -0.4 is 4.90 Å². The van der Waals surface area contributed by atoms with E-state index in [9.17, 15) is 4.79 Å². The highest BCUT2D eigenvalue weighted by Gasteiger charge is 2.30. The Labute approximate surface area is 88.9 Å². The molecule has 1 atom stereocenters. The minimum absolute atomic E-state index is 0.0260. The van der Waals surface area contributed by atoms with Gasteiger partial charge in [-0.1, -0.05) is 17.7 Å². The van der Waals surface area contributed by atoms with E-state index < -0.39 is 5.92 Å². The van der Waals surface area contributed by atoms with E-state index in [4.69, 9.17) is 5.26 Å². The van der Waals surface area contributed by atoms with Gasteiger partial charge in [-0.3, -0.25) is 4.79 Å². The van der Waals surface area contributed by atoms with E-state index >= 15 is 0 Å². The second kappa shape index (κ2) is 3.74. The molecule has 0 bridgehead atoms. The fourth-order valence-corrected chi connectivity index (χ4v) is 1.75. The summed E-state index contributed by atoms with van der Waals surface area (Å²) in [6, 6.07) is 10.0. The zero-order chi connectivity index (χ0) is 10.8. The summed E-state index contributed by atoms with van der Waals surface area (Å²) < 4.78 is 0. The molecule has 3 nitrogen and oxygen atoms in total. The number of anilines is 1. The Bertz CT molecular complexity index is 416. The molecule has 0 radical (unpaired) electrons. The van der Waals surface area contributed by atoms with Gasteiger partial charge in [-0.2, -0.15) is 5.26 Å². The molecule has 2 rings (SSSR count). The van der Waals surface area contributed by atoms with Crippen molar-refractivity contribution in [1.29, 1.82) is 5.26 Å². The number of hydrogen-bond acceptors (Lipinski definition) is 3. The van der Waals surface area contributed by atoms with Crippen molar-refractivity contribution in [1.82, 2.24) is 0 Å². The molecule has 3 heteroatoms. The lowest BCUT2D eigenvalue weighted by Crippen LogP contribution is -2.19. The van der Waals surface area contributed by atoms with Gasteiger partial charge in [-0.25, -0.2) is 0 Å². The summed E-state index contributed by atoms with van der Waals surface area (Å²) in [4.78, 5) is 13.3. The average molecular weight is 200 g/mol. The first-order valence-corrected chi connectivity index (χ1v) is 4.94. The van der Waals surface area contributed by atoms with E-state index in [0.717, 1.165) is 5.69 Å². The molecule has 15 heavy (non-hydrogen) atoms. The summed E-state index contributed by atoms with van der Waals surface area (Å²) in [5.41, 5.74) is 2.22. The maximum Gasteiger partial charge on any atom is 0.170 e. The second-order valence-electron chi connectivity index (χ2n) is 3.86. The van der Waals surface area contributed by atoms with Crippen LogP contribution in [0, 0.1) is 24.2 Å². The molecule has 1 aliphatic heterocycles. The maximum absolute atomic E-state index is 11.4. The monoisotopic (exact) mass is 200 g/mol. The summed E-state index contributed by atoms with van der Waals surface area (Å²) in [6.45, 7) is 2.91. The quantitative estimate of drug-likeness (QED) is 0.690. The predicted molar refractivity (Wildman–Crippen MR) is 57.5 cm³/mol. The van der Waals surface area contributed by atoms with Gasteiger partial charge in [0.05, 0.1) is 12.6 Å². The van der Waals surface area contributed by atoms with Crippen molar-refractivity contribution in [2.24, 2.45) is 5.92 Å². The van der Waals surface area contributed by atoms with Gasteiger partial charge in [0.1, 0.15) is 5.92 Å². The van der Waals surface area contributed by atoms with Crippen LogP contribution in [0.25, 0.3) is 0 Å². The summed E-state index contributed by atoms with van der Waals surface area (Å²) in [6.07, 6.45) is 0. The summed E-state index contributed by atoms with van der Waals surface area (Å²) in [5.74, 6) is -0.427. The number of aryl methyl sites for hydroxylation is 1. The van der Waals surface area contributed by atoms with Crippen LogP contribution in [0.3, 0.4) is 0 Å². The Morgan fingerprint density at radius 2 is 2.07 bits per heavy atom. The fraction of sp³-hybridized carbons (Fsp3) is 0.333. The highest BCUT2D eigenvalue weighted by atomic mass is 16.1. The van der Waals surface area contributed by atoms with E-state index in [-0.39, 0.29) is 5.78 Å². The molecule has 0 N–H and O–H groups in total. The van der Waals surface area contributed by atoms with Gasteiger partial charge in [0.2, 0.25) is 0 Å².